The van der Waals surface area contributed by atoms with Crippen molar-refractivity contribution in [1.82, 2.24) is 0 Å². The van der Waals surface area contributed by atoms with Gasteiger partial charge in [-0.05, 0) is 24.6 Å². The van der Waals surface area contributed by atoms with Gasteiger partial charge in [0.05, 0.1) is 10.7 Å². The molecule has 1 atom stereocenters. The van der Waals surface area contributed by atoms with Crippen LogP contribution in [0.4, 0.5) is 5.69 Å². The third-order valence-electron chi connectivity index (χ3n) is 2.55. The maximum atomic E-state index is 11.6. The summed E-state index contributed by atoms with van der Waals surface area (Å²) in [6, 6.07) is 5.57. The van der Waals surface area contributed by atoms with Crippen molar-refractivity contribution in [3.8, 4) is 0 Å². The summed E-state index contributed by atoms with van der Waals surface area (Å²) < 4.78 is 0. The Kier molecular flexibility index (Phi) is 2.67. The van der Waals surface area contributed by atoms with Gasteiger partial charge >= 0.3 is 0 Å². The number of nitrogens with zero attached hydrogens (tertiary/aromatic N) is 1. The molecule has 2 N–H and O–H groups in total. The van der Waals surface area contributed by atoms with E-state index in [1.165, 1.54) is 0 Å². The van der Waals surface area contributed by atoms with Crippen molar-refractivity contribution in [3.05, 3.63) is 28.8 Å². The lowest BCUT2D eigenvalue weighted by atomic mass is 10.2. The van der Waals surface area contributed by atoms with Crippen molar-refractivity contribution in [1.29, 1.82) is 0 Å². The molecule has 0 saturated carbocycles. The van der Waals surface area contributed by atoms with E-state index < -0.39 is 0 Å². The van der Waals surface area contributed by atoms with Crippen LogP contribution in [0.15, 0.2) is 18.2 Å². The van der Waals surface area contributed by atoms with Gasteiger partial charge in [-0.3, -0.25) is 4.79 Å². The fourth-order valence-electron chi connectivity index (χ4n) is 1.80. The van der Waals surface area contributed by atoms with Crippen LogP contribution in [0.2, 0.25) is 5.02 Å². The number of anilines is 1. The molecule has 3 nitrogen and oxygen atoms in total. The van der Waals surface area contributed by atoms with Gasteiger partial charge in [0, 0.05) is 19.0 Å². The summed E-state index contributed by atoms with van der Waals surface area (Å²) in [5, 5.41) is 0.600. The molecule has 15 heavy (non-hydrogen) atoms. The minimum atomic E-state index is -0.0749. The molecular weight excluding hydrogens is 212 g/mol. The number of rotatable bonds is 1. The second-order valence-corrected chi connectivity index (χ2v) is 4.33. The lowest BCUT2D eigenvalue weighted by Crippen LogP contribution is -2.28. The zero-order valence-corrected chi connectivity index (χ0v) is 9.29. The topological polar surface area (TPSA) is 46.3 Å². The van der Waals surface area contributed by atoms with E-state index in [2.05, 4.69) is 0 Å². The third-order valence-corrected chi connectivity index (χ3v) is 2.87. The molecule has 80 valence electrons. The zero-order valence-electron chi connectivity index (χ0n) is 8.53. The molecule has 0 aliphatic carbocycles. The highest BCUT2D eigenvalue weighted by molar-refractivity contribution is 6.33. The molecule has 0 aromatic heterocycles. The number of hydrogen-bond donors (Lipinski definition) is 1. The van der Waals surface area contributed by atoms with Gasteiger partial charge in [-0.25, -0.2) is 0 Å². The Morgan fingerprint density at radius 1 is 1.53 bits per heavy atom. The summed E-state index contributed by atoms with van der Waals surface area (Å²) in [6.07, 6.45) is 0.407. The molecule has 1 aliphatic rings. The van der Waals surface area contributed by atoms with E-state index in [1.54, 1.807) is 4.90 Å². The SMILES string of the molecule is Cc1ccc(Cl)c(N2CC(N)CC2=O)c1. The lowest BCUT2D eigenvalue weighted by Gasteiger charge is -2.18. The number of aryl methyl sites for hydroxylation is 1. The summed E-state index contributed by atoms with van der Waals surface area (Å²) in [7, 11) is 0. The van der Waals surface area contributed by atoms with Crippen LogP contribution >= 0.6 is 11.6 Å². The summed E-state index contributed by atoms with van der Waals surface area (Å²) in [4.78, 5) is 13.3. The largest absolute Gasteiger partial charge is 0.326 e. The predicted octanol–water partition coefficient (Wildman–Crippen LogP) is 1.71. The normalized spacial score (nSPS) is 21.1. The molecule has 1 aliphatic heterocycles. The molecule has 1 unspecified atom stereocenters. The van der Waals surface area contributed by atoms with Crippen LogP contribution in [0, 0.1) is 6.92 Å². The fraction of sp³-hybridized carbons (Fsp3) is 0.364. The van der Waals surface area contributed by atoms with Gasteiger partial charge in [0.25, 0.3) is 0 Å². The minimum absolute atomic E-state index is 0.0509. The van der Waals surface area contributed by atoms with Crippen LogP contribution in [-0.4, -0.2) is 18.5 Å². The Bertz CT molecular complexity index is 406. The van der Waals surface area contributed by atoms with Gasteiger partial charge < -0.3 is 10.6 Å². The Hall–Kier alpha value is -1.06. The summed E-state index contributed by atoms with van der Waals surface area (Å²) in [5.41, 5.74) is 7.59. The zero-order chi connectivity index (χ0) is 11.0. The minimum Gasteiger partial charge on any atom is -0.326 e. The quantitative estimate of drug-likeness (QED) is 0.790. The van der Waals surface area contributed by atoms with Crippen LogP contribution < -0.4 is 10.6 Å². The van der Waals surface area contributed by atoms with Crippen LogP contribution in [0.25, 0.3) is 0 Å². The second-order valence-electron chi connectivity index (χ2n) is 3.92. The first-order valence-electron chi connectivity index (χ1n) is 4.90. The van der Waals surface area contributed by atoms with Crippen molar-refractivity contribution in [3.63, 3.8) is 0 Å². The van der Waals surface area contributed by atoms with Crippen molar-refractivity contribution in [2.75, 3.05) is 11.4 Å². The fourth-order valence-corrected chi connectivity index (χ4v) is 2.02. The van der Waals surface area contributed by atoms with Crippen molar-refractivity contribution in [2.24, 2.45) is 5.73 Å². The second kappa shape index (κ2) is 3.83. The number of amides is 1. The van der Waals surface area contributed by atoms with E-state index in [4.69, 9.17) is 17.3 Å². The lowest BCUT2D eigenvalue weighted by molar-refractivity contribution is -0.117. The third kappa shape index (κ3) is 1.98. The Labute approximate surface area is 93.8 Å². The van der Waals surface area contributed by atoms with Crippen molar-refractivity contribution in [2.45, 2.75) is 19.4 Å². The Morgan fingerprint density at radius 2 is 2.27 bits per heavy atom. The number of nitrogens with two attached hydrogens (primary N) is 1. The van der Waals surface area contributed by atoms with Crippen molar-refractivity contribution < 1.29 is 4.79 Å². The first-order chi connectivity index (χ1) is 7.08. The molecule has 1 saturated heterocycles. The Balaban J connectivity index is 2.37. The van der Waals surface area contributed by atoms with Gasteiger partial charge in [0.1, 0.15) is 0 Å². The van der Waals surface area contributed by atoms with E-state index in [0.717, 1.165) is 11.3 Å². The van der Waals surface area contributed by atoms with Crippen LogP contribution in [0.3, 0.4) is 0 Å². The van der Waals surface area contributed by atoms with E-state index in [-0.39, 0.29) is 11.9 Å². The van der Waals surface area contributed by atoms with E-state index in [1.807, 2.05) is 25.1 Å². The molecule has 1 aromatic rings. The number of benzene rings is 1. The van der Waals surface area contributed by atoms with Crippen LogP contribution in [-0.2, 0) is 4.79 Å². The molecule has 0 bridgehead atoms. The molecule has 4 heteroatoms. The highest BCUT2D eigenvalue weighted by atomic mass is 35.5. The molecule has 0 radical (unpaired) electrons. The van der Waals surface area contributed by atoms with Gasteiger partial charge in [-0.15, -0.1) is 0 Å². The highest BCUT2D eigenvalue weighted by Gasteiger charge is 2.29. The number of halogens is 1. The summed E-state index contributed by atoms with van der Waals surface area (Å²) in [6.45, 7) is 2.53. The number of hydrogen-bond acceptors (Lipinski definition) is 2. The van der Waals surface area contributed by atoms with Crippen molar-refractivity contribution >= 4 is 23.2 Å². The van der Waals surface area contributed by atoms with Crippen LogP contribution in [0.5, 0.6) is 0 Å². The number of carbonyl (C=O) groups excluding carboxylic acids is 1. The standard InChI is InChI=1S/C11H13ClN2O/c1-7-2-3-9(12)10(4-7)14-6-8(13)5-11(14)15/h2-4,8H,5-6,13H2,1H3. The average Bonchev–Trinajstić information content (AvgIpc) is 2.50. The van der Waals surface area contributed by atoms with E-state index in [9.17, 15) is 4.79 Å². The van der Waals surface area contributed by atoms with Crippen LogP contribution in [0.1, 0.15) is 12.0 Å². The molecule has 1 fully saturated rings. The van der Waals surface area contributed by atoms with E-state index in [0.29, 0.717) is 18.0 Å². The number of carbonyl (C=O) groups is 1. The monoisotopic (exact) mass is 224 g/mol. The van der Waals surface area contributed by atoms with Gasteiger partial charge in [-0.2, -0.15) is 0 Å². The summed E-state index contributed by atoms with van der Waals surface area (Å²) in [5.74, 6) is 0.0509. The molecular formula is C11H13ClN2O. The molecule has 1 aromatic carbocycles. The molecule has 1 amide bonds. The first-order valence-corrected chi connectivity index (χ1v) is 5.28. The van der Waals surface area contributed by atoms with Gasteiger partial charge in [0.15, 0.2) is 0 Å². The summed E-state index contributed by atoms with van der Waals surface area (Å²) >= 11 is 6.05. The Morgan fingerprint density at radius 3 is 2.87 bits per heavy atom. The van der Waals surface area contributed by atoms with E-state index >= 15 is 0 Å². The smallest absolute Gasteiger partial charge is 0.228 e. The average molecular weight is 225 g/mol. The van der Waals surface area contributed by atoms with Gasteiger partial charge in [-0.1, -0.05) is 17.7 Å². The maximum Gasteiger partial charge on any atom is 0.228 e. The highest BCUT2D eigenvalue weighted by Crippen LogP contribution is 2.29. The molecule has 2 rings (SSSR count). The maximum absolute atomic E-state index is 11.6. The molecule has 0 spiro atoms. The van der Waals surface area contributed by atoms with Gasteiger partial charge in [0.2, 0.25) is 5.91 Å². The molecule has 1 heterocycles. The first kappa shape index (κ1) is 10.5. The predicted molar refractivity (Wildman–Crippen MR) is 61.1 cm³/mol.